The number of anilines is 3. The van der Waals surface area contributed by atoms with E-state index in [1.807, 2.05) is 18.2 Å². The summed E-state index contributed by atoms with van der Waals surface area (Å²) in [6, 6.07) is 12.4. The van der Waals surface area contributed by atoms with Crippen molar-refractivity contribution in [2.75, 3.05) is 11.1 Å². The van der Waals surface area contributed by atoms with Gasteiger partial charge >= 0.3 is 0 Å². The molecule has 5 heteroatoms. The third-order valence-corrected chi connectivity index (χ3v) is 3.10. The van der Waals surface area contributed by atoms with Gasteiger partial charge in [0.15, 0.2) is 0 Å². The summed E-state index contributed by atoms with van der Waals surface area (Å²) in [6.07, 6.45) is 0. The standard InChI is InChI=1S/C15H17N3O2/c1-10(2)12-5-3-4-6-14(12)17-15-8-7-11(18(19)20)9-13(15)16/h3-10,17H,16H2,1-2H3. The summed E-state index contributed by atoms with van der Waals surface area (Å²) in [6.45, 7) is 4.22. The van der Waals surface area contributed by atoms with Gasteiger partial charge in [-0.3, -0.25) is 10.1 Å². The van der Waals surface area contributed by atoms with Crippen molar-refractivity contribution in [3.63, 3.8) is 0 Å². The van der Waals surface area contributed by atoms with Gasteiger partial charge in [0.05, 0.1) is 16.3 Å². The molecule has 0 saturated carbocycles. The predicted molar refractivity (Wildman–Crippen MR) is 81.3 cm³/mol. The van der Waals surface area contributed by atoms with E-state index in [4.69, 9.17) is 5.73 Å². The zero-order valence-electron chi connectivity index (χ0n) is 11.5. The lowest BCUT2D eigenvalue weighted by Gasteiger charge is -2.15. The van der Waals surface area contributed by atoms with E-state index in [2.05, 4.69) is 25.2 Å². The van der Waals surface area contributed by atoms with Crippen molar-refractivity contribution in [3.8, 4) is 0 Å². The minimum absolute atomic E-state index is 0.00908. The van der Waals surface area contributed by atoms with E-state index in [0.717, 1.165) is 5.69 Å². The number of non-ortho nitro benzene ring substituents is 1. The fraction of sp³-hybridized carbons (Fsp3) is 0.200. The molecule has 0 fully saturated rings. The van der Waals surface area contributed by atoms with E-state index in [-0.39, 0.29) is 5.69 Å². The highest BCUT2D eigenvalue weighted by Crippen LogP contribution is 2.31. The summed E-state index contributed by atoms with van der Waals surface area (Å²) in [5, 5.41) is 13.9. The summed E-state index contributed by atoms with van der Waals surface area (Å²) in [7, 11) is 0. The lowest BCUT2D eigenvalue weighted by atomic mass is 10.0. The average molecular weight is 271 g/mol. The van der Waals surface area contributed by atoms with E-state index in [1.165, 1.54) is 17.7 Å². The van der Waals surface area contributed by atoms with Gasteiger partial charge < -0.3 is 11.1 Å². The molecule has 0 heterocycles. The highest BCUT2D eigenvalue weighted by Gasteiger charge is 2.11. The molecule has 0 bridgehead atoms. The van der Waals surface area contributed by atoms with Crippen molar-refractivity contribution >= 4 is 22.7 Å². The topological polar surface area (TPSA) is 81.2 Å². The summed E-state index contributed by atoms with van der Waals surface area (Å²) in [5.41, 5.74) is 9.02. The first-order valence-corrected chi connectivity index (χ1v) is 6.39. The highest BCUT2D eigenvalue weighted by atomic mass is 16.6. The Morgan fingerprint density at radius 2 is 1.85 bits per heavy atom. The molecule has 5 nitrogen and oxygen atoms in total. The second-order valence-corrected chi connectivity index (χ2v) is 4.90. The first-order chi connectivity index (χ1) is 9.49. The maximum atomic E-state index is 10.7. The number of nitro benzene ring substituents is 1. The molecule has 2 aromatic rings. The van der Waals surface area contributed by atoms with Gasteiger partial charge in [0.25, 0.3) is 5.69 Å². The number of rotatable bonds is 4. The van der Waals surface area contributed by atoms with E-state index in [1.54, 1.807) is 6.07 Å². The fourth-order valence-electron chi connectivity index (χ4n) is 2.04. The molecule has 20 heavy (non-hydrogen) atoms. The van der Waals surface area contributed by atoms with Crippen LogP contribution < -0.4 is 11.1 Å². The third kappa shape index (κ3) is 2.88. The largest absolute Gasteiger partial charge is 0.397 e. The second-order valence-electron chi connectivity index (χ2n) is 4.90. The van der Waals surface area contributed by atoms with Crippen molar-refractivity contribution in [1.29, 1.82) is 0 Å². The number of nitrogens with one attached hydrogen (secondary N) is 1. The van der Waals surface area contributed by atoms with Gasteiger partial charge in [-0.2, -0.15) is 0 Å². The van der Waals surface area contributed by atoms with Crippen molar-refractivity contribution in [3.05, 3.63) is 58.1 Å². The van der Waals surface area contributed by atoms with E-state index in [9.17, 15) is 10.1 Å². The third-order valence-electron chi connectivity index (χ3n) is 3.10. The number of benzene rings is 2. The van der Waals surface area contributed by atoms with Gasteiger partial charge in [0.2, 0.25) is 0 Å². The molecule has 0 radical (unpaired) electrons. The van der Waals surface area contributed by atoms with Crippen LogP contribution in [0.5, 0.6) is 0 Å². The van der Waals surface area contributed by atoms with Gasteiger partial charge in [-0.25, -0.2) is 0 Å². The Morgan fingerprint density at radius 1 is 1.15 bits per heavy atom. The maximum absolute atomic E-state index is 10.7. The molecule has 0 atom stereocenters. The van der Waals surface area contributed by atoms with Crippen LogP contribution in [0.3, 0.4) is 0 Å². The molecule has 0 aliphatic heterocycles. The van der Waals surface area contributed by atoms with Crippen LogP contribution in [0, 0.1) is 10.1 Å². The predicted octanol–water partition coefficient (Wildman–Crippen LogP) is 4.04. The quantitative estimate of drug-likeness (QED) is 0.499. The van der Waals surface area contributed by atoms with Gasteiger partial charge in [0.1, 0.15) is 0 Å². The Hall–Kier alpha value is -2.56. The Kier molecular flexibility index (Phi) is 3.89. The van der Waals surface area contributed by atoms with Crippen molar-refractivity contribution in [2.24, 2.45) is 0 Å². The summed E-state index contributed by atoms with van der Waals surface area (Å²) in [5.74, 6) is 0.373. The van der Waals surface area contributed by atoms with Crippen molar-refractivity contribution in [2.45, 2.75) is 19.8 Å². The number of hydrogen-bond donors (Lipinski definition) is 2. The number of hydrogen-bond acceptors (Lipinski definition) is 4. The van der Waals surface area contributed by atoms with E-state index < -0.39 is 4.92 Å². The molecule has 0 aromatic heterocycles. The van der Waals surface area contributed by atoms with Gasteiger partial charge in [0, 0.05) is 17.8 Å². The smallest absolute Gasteiger partial charge is 0.271 e. The molecule has 104 valence electrons. The summed E-state index contributed by atoms with van der Waals surface area (Å²) < 4.78 is 0. The number of nitrogen functional groups attached to an aromatic ring is 1. The summed E-state index contributed by atoms with van der Waals surface area (Å²) >= 11 is 0. The van der Waals surface area contributed by atoms with Crippen LogP contribution in [0.25, 0.3) is 0 Å². The van der Waals surface area contributed by atoms with E-state index >= 15 is 0 Å². The zero-order valence-corrected chi connectivity index (χ0v) is 11.5. The zero-order chi connectivity index (χ0) is 14.7. The van der Waals surface area contributed by atoms with Gasteiger partial charge in [-0.1, -0.05) is 32.0 Å². The Bertz CT molecular complexity index is 639. The lowest BCUT2D eigenvalue weighted by molar-refractivity contribution is -0.384. The van der Waals surface area contributed by atoms with Crippen LogP contribution in [0.4, 0.5) is 22.7 Å². The molecule has 2 aromatic carbocycles. The molecule has 0 spiro atoms. The van der Waals surface area contributed by atoms with E-state index in [0.29, 0.717) is 17.3 Å². The minimum Gasteiger partial charge on any atom is -0.397 e. The molecular weight excluding hydrogens is 254 g/mol. The molecule has 0 unspecified atom stereocenters. The van der Waals surface area contributed by atoms with Crippen molar-refractivity contribution in [1.82, 2.24) is 0 Å². The minimum atomic E-state index is -0.456. The highest BCUT2D eigenvalue weighted by molar-refractivity contribution is 5.76. The number of para-hydroxylation sites is 1. The average Bonchev–Trinajstić information content (AvgIpc) is 2.41. The van der Waals surface area contributed by atoms with Crippen LogP contribution in [-0.4, -0.2) is 4.92 Å². The molecular formula is C15H17N3O2. The van der Waals surface area contributed by atoms with Gasteiger partial charge in [-0.05, 0) is 23.6 Å². The lowest BCUT2D eigenvalue weighted by Crippen LogP contribution is -2.01. The van der Waals surface area contributed by atoms with Gasteiger partial charge in [-0.15, -0.1) is 0 Å². The summed E-state index contributed by atoms with van der Waals surface area (Å²) in [4.78, 5) is 10.2. The van der Waals surface area contributed by atoms with Crippen LogP contribution >= 0.6 is 0 Å². The first-order valence-electron chi connectivity index (χ1n) is 6.39. The Balaban J connectivity index is 2.33. The van der Waals surface area contributed by atoms with Crippen LogP contribution in [0.1, 0.15) is 25.3 Å². The normalized spacial score (nSPS) is 10.6. The molecule has 0 aliphatic carbocycles. The SMILES string of the molecule is CC(C)c1ccccc1Nc1ccc([N+](=O)[O-])cc1N. The molecule has 3 N–H and O–H groups in total. The van der Waals surface area contributed by atoms with Crippen LogP contribution in [0.2, 0.25) is 0 Å². The Labute approximate surface area is 117 Å². The second kappa shape index (κ2) is 5.61. The molecule has 0 amide bonds. The molecule has 2 rings (SSSR count). The Morgan fingerprint density at radius 3 is 2.45 bits per heavy atom. The number of nitrogens with two attached hydrogens (primary N) is 1. The maximum Gasteiger partial charge on any atom is 0.271 e. The van der Waals surface area contributed by atoms with Crippen molar-refractivity contribution < 1.29 is 4.92 Å². The number of nitrogens with zero attached hydrogens (tertiary/aromatic N) is 1. The molecule has 0 aliphatic rings. The number of nitro groups is 1. The van der Waals surface area contributed by atoms with Crippen LogP contribution in [0.15, 0.2) is 42.5 Å². The fourth-order valence-corrected chi connectivity index (χ4v) is 2.04. The first kappa shape index (κ1) is 13.9. The van der Waals surface area contributed by atoms with Crippen LogP contribution in [-0.2, 0) is 0 Å². The molecule has 0 saturated heterocycles. The monoisotopic (exact) mass is 271 g/mol.